The van der Waals surface area contributed by atoms with Crippen molar-refractivity contribution in [1.29, 1.82) is 5.41 Å². The van der Waals surface area contributed by atoms with Gasteiger partial charge in [-0.15, -0.1) is 0 Å². The van der Waals surface area contributed by atoms with Gasteiger partial charge in [-0.05, 0) is 49.8 Å². The topological polar surface area (TPSA) is 111 Å². The van der Waals surface area contributed by atoms with Crippen molar-refractivity contribution in [3.05, 3.63) is 71.4 Å². The number of anilines is 1. The summed E-state index contributed by atoms with van der Waals surface area (Å²) in [6.07, 6.45) is 7.41. The summed E-state index contributed by atoms with van der Waals surface area (Å²) in [7, 11) is 0. The smallest absolute Gasteiger partial charge is 0.298 e. The van der Waals surface area contributed by atoms with Gasteiger partial charge in [0.25, 0.3) is 11.9 Å². The minimum absolute atomic E-state index is 0.0793. The highest BCUT2D eigenvalue weighted by molar-refractivity contribution is 6.54. The molecule has 1 atom stereocenters. The number of fused-ring (bicyclic) bond motifs is 1. The van der Waals surface area contributed by atoms with Crippen LogP contribution in [0.3, 0.4) is 0 Å². The van der Waals surface area contributed by atoms with E-state index in [2.05, 4.69) is 20.3 Å². The number of hydrogen-bond donors (Lipinski definition) is 2. The number of allylic oxidation sites excluding steroid dienone is 1. The highest BCUT2D eigenvalue weighted by Crippen LogP contribution is 2.27. The van der Waals surface area contributed by atoms with Gasteiger partial charge in [-0.1, -0.05) is 17.7 Å². The molecule has 178 valence electrons. The Hall–Kier alpha value is -3.98. The van der Waals surface area contributed by atoms with Crippen molar-refractivity contribution in [2.75, 3.05) is 24.5 Å². The second kappa shape index (κ2) is 9.71. The van der Waals surface area contributed by atoms with Crippen LogP contribution in [0, 0.1) is 5.41 Å². The molecule has 2 N–H and O–H groups in total. The summed E-state index contributed by atoms with van der Waals surface area (Å²) in [6, 6.07) is 11.1. The van der Waals surface area contributed by atoms with Crippen molar-refractivity contribution in [3.8, 4) is 0 Å². The van der Waals surface area contributed by atoms with Crippen LogP contribution in [0.1, 0.15) is 19.0 Å². The number of halogens is 1. The fourth-order valence-electron chi connectivity index (χ4n) is 4.17. The van der Waals surface area contributed by atoms with Gasteiger partial charge < -0.3 is 19.5 Å². The Bertz CT molecular complexity index is 1360. The van der Waals surface area contributed by atoms with E-state index in [0.717, 1.165) is 0 Å². The molecule has 1 saturated heterocycles. The van der Waals surface area contributed by atoms with Gasteiger partial charge in [-0.3, -0.25) is 15.2 Å². The van der Waals surface area contributed by atoms with E-state index >= 15 is 0 Å². The standard InChI is InChI=1S/C25H24ClN7O2/c1-16-8-12-32(25-31-19-15-17(26)6-7-20(19)35-25)13-14-33(16)24(34)22(27)21(18-5-2-3-9-28-18)23-29-10-4-11-30-23/h2-7,9-11,15-16,27,29H,8,12-14H2,1H3/b23-21+,27-22?/t16-/m1/s1. The summed E-state index contributed by atoms with van der Waals surface area (Å²) in [5.41, 5.74) is 2.07. The second-order valence-electron chi connectivity index (χ2n) is 8.33. The van der Waals surface area contributed by atoms with Gasteiger partial charge in [0, 0.05) is 49.3 Å². The molecule has 5 rings (SSSR count). The predicted molar refractivity (Wildman–Crippen MR) is 137 cm³/mol. The molecule has 2 aromatic heterocycles. The third-order valence-corrected chi connectivity index (χ3v) is 6.29. The summed E-state index contributed by atoms with van der Waals surface area (Å²) in [5, 5.41) is 12.5. The largest absolute Gasteiger partial charge is 0.423 e. The van der Waals surface area contributed by atoms with Crippen molar-refractivity contribution in [3.63, 3.8) is 0 Å². The lowest BCUT2D eigenvalue weighted by molar-refractivity contribution is -0.125. The molecule has 2 aliphatic rings. The molecule has 1 fully saturated rings. The van der Waals surface area contributed by atoms with Crippen molar-refractivity contribution in [2.24, 2.45) is 4.99 Å². The Balaban J connectivity index is 1.38. The molecule has 0 unspecified atom stereocenters. The number of amides is 1. The van der Waals surface area contributed by atoms with Crippen LogP contribution in [-0.4, -0.2) is 58.4 Å². The fourth-order valence-corrected chi connectivity index (χ4v) is 4.33. The maximum atomic E-state index is 13.6. The molecule has 0 aliphatic carbocycles. The number of aromatic nitrogens is 2. The lowest BCUT2D eigenvalue weighted by atomic mass is 10.0. The lowest BCUT2D eigenvalue weighted by Crippen LogP contribution is -2.44. The van der Waals surface area contributed by atoms with E-state index < -0.39 is 0 Å². The molecule has 3 aromatic rings. The van der Waals surface area contributed by atoms with Gasteiger partial charge in [-0.2, -0.15) is 4.98 Å². The number of pyridine rings is 1. The van der Waals surface area contributed by atoms with Gasteiger partial charge in [-0.25, -0.2) is 4.99 Å². The zero-order chi connectivity index (χ0) is 24.4. The number of nitrogens with zero attached hydrogens (tertiary/aromatic N) is 5. The molecule has 0 radical (unpaired) electrons. The molecule has 1 amide bonds. The molecule has 35 heavy (non-hydrogen) atoms. The molecule has 10 heteroatoms. The number of hydrogen-bond acceptors (Lipinski definition) is 8. The third-order valence-electron chi connectivity index (χ3n) is 6.06. The average Bonchev–Trinajstić information content (AvgIpc) is 3.20. The Kier molecular flexibility index (Phi) is 6.33. The zero-order valence-corrected chi connectivity index (χ0v) is 19.9. The Labute approximate surface area is 207 Å². The Morgan fingerprint density at radius 2 is 2.11 bits per heavy atom. The van der Waals surface area contributed by atoms with E-state index in [1.807, 2.05) is 17.9 Å². The molecular formula is C25H24ClN7O2. The van der Waals surface area contributed by atoms with Crippen LogP contribution in [0.25, 0.3) is 16.7 Å². The molecule has 0 saturated carbocycles. The van der Waals surface area contributed by atoms with E-state index in [0.29, 0.717) is 65.3 Å². The quantitative estimate of drug-likeness (QED) is 0.538. The number of benzene rings is 1. The van der Waals surface area contributed by atoms with Crippen molar-refractivity contribution >= 4 is 52.1 Å². The predicted octanol–water partition coefficient (Wildman–Crippen LogP) is 3.88. The number of aliphatic imine (C=N–C) groups is 1. The monoisotopic (exact) mass is 489 g/mol. The summed E-state index contributed by atoms with van der Waals surface area (Å²) < 4.78 is 5.94. The molecule has 9 nitrogen and oxygen atoms in total. The summed E-state index contributed by atoms with van der Waals surface area (Å²) in [5.74, 6) is 0.0437. The van der Waals surface area contributed by atoms with Crippen LogP contribution in [-0.2, 0) is 4.79 Å². The van der Waals surface area contributed by atoms with Crippen molar-refractivity contribution in [2.45, 2.75) is 19.4 Å². The first kappa shape index (κ1) is 22.8. The normalized spacial score (nSPS) is 19.4. The summed E-state index contributed by atoms with van der Waals surface area (Å²) in [6.45, 7) is 3.61. The summed E-state index contributed by atoms with van der Waals surface area (Å²) >= 11 is 6.08. The fraction of sp³-hybridized carbons (Fsp3) is 0.240. The Morgan fingerprint density at radius 1 is 1.23 bits per heavy atom. The first-order valence-electron chi connectivity index (χ1n) is 11.3. The SMILES string of the molecule is C[C@@H]1CCN(c2nc3cc(Cl)ccc3o2)CCN1C(=O)C(=N)/C(=C1/N=CC=CN1)c1ccccn1. The number of carbonyl (C=O) groups excluding carboxylic acids is 1. The maximum Gasteiger partial charge on any atom is 0.298 e. The number of oxazole rings is 1. The number of nitrogens with one attached hydrogen (secondary N) is 2. The van der Waals surface area contributed by atoms with Gasteiger partial charge >= 0.3 is 0 Å². The zero-order valence-electron chi connectivity index (χ0n) is 19.1. The number of carbonyl (C=O) groups is 1. The Morgan fingerprint density at radius 3 is 2.89 bits per heavy atom. The highest BCUT2D eigenvalue weighted by Gasteiger charge is 2.31. The van der Waals surface area contributed by atoms with Gasteiger partial charge in [0.1, 0.15) is 17.0 Å². The van der Waals surface area contributed by atoms with E-state index in [-0.39, 0.29) is 17.7 Å². The van der Waals surface area contributed by atoms with Crippen LogP contribution in [0.15, 0.2) is 70.1 Å². The summed E-state index contributed by atoms with van der Waals surface area (Å²) in [4.78, 5) is 30.7. The van der Waals surface area contributed by atoms with Crippen LogP contribution in [0.4, 0.5) is 6.01 Å². The third kappa shape index (κ3) is 4.67. The second-order valence-corrected chi connectivity index (χ2v) is 8.76. The first-order chi connectivity index (χ1) is 17.0. The molecule has 2 aliphatic heterocycles. The van der Waals surface area contributed by atoms with E-state index in [9.17, 15) is 4.79 Å². The van der Waals surface area contributed by atoms with Gasteiger partial charge in [0.2, 0.25) is 0 Å². The van der Waals surface area contributed by atoms with Crippen LogP contribution >= 0.6 is 11.6 Å². The van der Waals surface area contributed by atoms with Crippen molar-refractivity contribution in [1.82, 2.24) is 20.2 Å². The van der Waals surface area contributed by atoms with E-state index in [4.69, 9.17) is 21.4 Å². The van der Waals surface area contributed by atoms with Gasteiger partial charge in [0.05, 0.1) is 11.3 Å². The molecule has 0 bridgehead atoms. The first-order valence-corrected chi connectivity index (χ1v) is 11.7. The molecule has 0 spiro atoms. The minimum atomic E-state index is -0.372. The average molecular weight is 490 g/mol. The van der Waals surface area contributed by atoms with Gasteiger partial charge in [0.15, 0.2) is 5.58 Å². The van der Waals surface area contributed by atoms with E-state index in [1.54, 1.807) is 59.9 Å². The van der Waals surface area contributed by atoms with Crippen molar-refractivity contribution < 1.29 is 9.21 Å². The van der Waals surface area contributed by atoms with Crippen LogP contribution < -0.4 is 10.2 Å². The lowest BCUT2D eigenvalue weighted by Gasteiger charge is -2.27. The molecular weight excluding hydrogens is 466 g/mol. The molecule has 4 heterocycles. The van der Waals surface area contributed by atoms with Crippen LogP contribution in [0.5, 0.6) is 0 Å². The number of rotatable bonds is 4. The van der Waals surface area contributed by atoms with E-state index in [1.165, 1.54) is 0 Å². The highest BCUT2D eigenvalue weighted by atomic mass is 35.5. The maximum absolute atomic E-state index is 13.6. The minimum Gasteiger partial charge on any atom is -0.423 e. The van der Waals surface area contributed by atoms with Crippen LogP contribution in [0.2, 0.25) is 5.02 Å². The molecule has 1 aromatic carbocycles.